The molecule has 1 fully saturated rings. The van der Waals surface area contributed by atoms with Gasteiger partial charge >= 0.3 is 12.1 Å². The number of amides is 4. The number of esters is 1. The molecule has 0 unspecified atom stereocenters. The molecule has 0 radical (unpaired) electrons. The topological polar surface area (TPSA) is 143 Å². The predicted molar refractivity (Wildman–Crippen MR) is 135 cm³/mol. The quantitative estimate of drug-likeness (QED) is 0.299. The van der Waals surface area contributed by atoms with Gasteiger partial charge in [-0.25, -0.2) is 4.79 Å². The molecule has 1 aromatic carbocycles. The first-order chi connectivity index (χ1) is 17.5. The molecule has 11 nitrogen and oxygen atoms in total. The fourth-order valence-electron chi connectivity index (χ4n) is 3.88. The lowest BCUT2D eigenvalue weighted by atomic mass is 10.1. The van der Waals surface area contributed by atoms with E-state index in [0.29, 0.717) is 25.8 Å². The molecule has 1 aromatic rings. The molecule has 0 saturated carbocycles. The number of hydrogen-bond donors (Lipinski definition) is 3. The summed E-state index contributed by atoms with van der Waals surface area (Å²) in [7, 11) is 0. The highest BCUT2D eigenvalue weighted by Gasteiger charge is 2.37. The third-order valence-electron chi connectivity index (χ3n) is 5.50. The molecule has 1 aliphatic heterocycles. The first kappa shape index (κ1) is 29.6. The highest BCUT2D eigenvalue weighted by molar-refractivity contribution is 5.93. The standard InChI is InChI=1S/C26H38N4O7/c1-18(31)29-20(12-8-14-27-25(35)37-26(2,3)4)24(34)30-15-9-13-21(30)23(33)28-16-22(32)36-17-19-10-6-5-7-11-19/h5-7,10-11,20-21H,8-9,12-17H2,1-4H3,(H,27,35)(H,28,33)(H,29,31)/t20-,21-/m0/s1. The van der Waals surface area contributed by atoms with Crippen LogP contribution < -0.4 is 16.0 Å². The van der Waals surface area contributed by atoms with Crippen molar-refractivity contribution in [1.29, 1.82) is 0 Å². The summed E-state index contributed by atoms with van der Waals surface area (Å²) in [5.74, 6) is -1.78. The van der Waals surface area contributed by atoms with Crippen LogP contribution in [0, 0.1) is 0 Å². The van der Waals surface area contributed by atoms with Crippen molar-refractivity contribution in [1.82, 2.24) is 20.9 Å². The first-order valence-corrected chi connectivity index (χ1v) is 12.5. The summed E-state index contributed by atoms with van der Waals surface area (Å²) in [4.78, 5) is 63.0. The van der Waals surface area contributed by atoms with Gasteiger partial charge in [0.05, 0.1) is 0 Å². The van der Waals surface area contributed by atoms with Crippen LogP contribution >= 0.6 is 0 Å². The van der Waals surface area contributed by atoms with Crippen LogP contribution in [-0.4, -0.2) is 72.0 Å². The molecular weight excluding hydrogens is 480 g/mol. The van der Waals surface area contributed by atoms with Crippen molar-refractivity contribution >= 4 is 29.8 Å². The van der Waals surface area contributed by atoms with E-state index in [1.165, 1.54) is 11.8 Å². The highest BCUT2D eigenvalue weighted by Crippen LogP contribution is 2.20. The molecule has 1 aliphatic rings. The molecule has 37 heavy (non-hydrogen) atoms. The Labute approximate surface area is 217 Å². The van der Waals surface area contributed by atoms with Crippen molar-refractivity contribution in [2.45, 2.75) is 77.7 Å². The molecule has 0 spiro atoms. The van der Waals surface area contributed by atoms with Crippen molar-refractivity contribution in [2.24, 2.45) is 0 Å². The van der Waals surface area contributed by atoms with Gasteiger partial charge < -0.3 is 30.3 Å². The Balaban J connectivity index is 1.85. The van der Waals surface area contributed by atoms with Crippen LogP contribution in [-0.2, 0) is 35.3 Å². The minimum absolute atomic E-state index is 0.102. The molecule has 3 N–H and O–H groups in total. The summed E-state index contributed by atoms with van der Waals surface area (Å²) in [6.07, 6.45) is 1.19. The van der Waals surface area contributed by atoms with Crippen LogP contribution in [0.3, 0.4) is 0 Å². The Morgan fingerprint density at radius 2 is 1.78 bits per heavy atom. The fraction of sp³-hybridized carbons (Fsp3) is 0.577. The second-order valence-corrected chi connectivity index (χ2v) is 9.88. The third-order valence-corrected chi connectivity index (χ3v) is 5.50. The van der Waals surface area contributed by atoms with E-state index in [0.717, 1.165) is 5.56 Å². The number of likely N-dealkylation sites (tertiary alicyclic amines) is 1. The second-order valence-electron chi connectivity index (χ2n) is 9.88. The average Bonchev–Trinajstić information content (AvgIpc) is 3.32. The predicted octanol–water partition coefficient (Wildman–Crippen LogP) is 1.65. The molecule has 0 aliphatic carbocycles. The lowest BCUT2D eigenvalue weighted by Crippen LogP contribution is -2.53. The lowest BCUT2D eigenvalue weighted by molar-refractivity contribution is -0.146. The zero-order chi connectivity index (χ0) is 27.4. The maximum atomic E-state index is 13.2. The van der Waals surface area contributed by atoms with E-state index < -0.39 is 35.7 Å². The molecule has 1 saturated heterocycles. The van der Waals surface area contributed by atoms with E-state index >= 15 is 0 Å². The van der Waals surface area contributed by atoms with Crippen LogP contribution in [0.5, 0.6) is 0 Å². The van der Waals surface area contributed by atoms with Gasteiger partial charge in [0, 0.05) is 20.0 Å². The second kappa shape index (κ2) is 14.2. The highest BCUT2D eigenvalue weighted by atomic mass is 16.6. The van der Waals surface area contributed by atoms with Gasteiger partial charge in [0.1, 0.15) is 30.8 Å². The van der Waals surface area contributed by atoms with Crippen LogP contribution in [0.1, 0.15) is 58.9 Å². The molecule has 11 heteroatoms. The summed E-state index contributed by atoms with van der Waals surface area (Å²) < 4.78 is 10.4. The maximum absolute atomic E-state index is 13.2. The number of hydrogen-bond acceptors (Lipinski definition) is 7. The summed E-state index contributed by atoms with van der Waals surface area (Å²) >= 11 is 0. The number of alkyl carbamates (subject to hydrolysis) is 1. The van der Waals surface area contributed by atoms with Gasteiger partial charge in [-0.2, -0.15) is 0 Å². The van der Waals surface area contributed by atoms with E-state index in [1.807, 2.05) is 30.3 Å². The van der Waals surface area contributed by atoms with Crippen LogP contribution in [0.15, 0.2) is 30.3 Å². The van der Waals surface area contributed by atoms with E-state index in [-0.39, 0.29) is 37.9 Å². The zero-order valence-electron chi connectivity index (χ0n) is 22.0. The number of rotatable bonds is 11. The Morgan fingerprint density at radius 3 is 2.43 bits per heavy atom. The summed E-state index contributed by atoms with van der Waals surface area (Å²) in [5.41, 5.74) is 0.211. The molecule has 0 aromatic heterocycles. The maximum Gasteiger partial charge on any atom is 0.407 e. The molecule has 1 heterocycles. The number of carbonyl (C=O) groups is 5. The number of nitrogens with zero attached hydrogens (tertiary/aromatic N) is 1. The van der Waals surface area contributed by atoms with E-state index in [4.69, 9.17) is 9.47 Å². The molecule has 4 amide bonds. The number of ether oxygens (including phenoxy) is 2. The molecule has 204 valence electrons. The summed E-state index contributed by atoms with van der Waals surface area (Å²) in [5, 5.41) is 7.82. The van der Waals surface area contributed by atoms with E-state index in [1.54, 1.807) is 20.8 Å². The van der Waals surface area contributed by atoms with Gasteiger partial charge in [-0.15, -0.1) is 0 Å². The zero-order valence-corrected chi connectivity index (χ0v) is 22.0. The van der Waals surface area contributed by atoms with Crippen molar-refractivity contribution in [3.63, 3.8) is 0 Å². The molecule has 0 bridgehead atoms. The first-order valence-electron chi connectivity index (χ1n) is 12.5. The van der Waals surface area contributed by atoms with Crippen LogP contribution in [0.25, 0.3) is 0 Å². The van der Waals surface area contributed by atoms with Gasteiger partial charge in [-0.3, -0.25) is 19.2 Å². The number of benzene rings is 1. The van der Waals surface area contributed by atoms with Gasteiger partial charge in [0.25, 0.3) is 0 Å². The van der Waals surface area contributed by atoms with E-state index in [2.05, 4.69) is 16.0 Å². The monoisotopic (exact) mass is 518 g/mol. The van der Waals surface area contributed by atoms with E-state index in [9.17, 15) is 24.0 Å². The summed E-state index contributed by atoms with van der Waals surface area (Å²) in [6.45, 7) is 7.00. The Bertz CT molecular complexity index is 946. The molecule has 2 rings (SSSR count). The number of nitrogens with one attached hydrogen (secondary N) is 3. The molecule has 2 atom stereocenters. The molecular formula is C26H38N4O7. The van der Waals surface area contributed by atoms with Crippen molar-refractivity contribution < 1.29 is 33.4 Å². The largest absolute Gasteiger partial charge is 0.460 e. The van der Waals surface area contributed by atoms with Gasteiger partial charge in [0.15, 0.2) is 0 Å². The van der Waals surface area contributed by atoms with Crippen molar-refractivity contribution in [3.05, 3.63) is 35.9 Å². The smallest absolute Gasteiger partial charge is 0.407 e. The minimum Gasteiger partial charge on any atom is -0.460 e. The van der Waals surface area contributed by atoms with Gasteiger partial charge in [0.2, 0.25) is 17.7 Å². The van der Waals surface area contributed by atoms with Gasteiger partial charge in [-0.1, -0.05) is 30.3 Å². The Hall–Kier alpha value is -3.63. The SMILES string of the molecule is CC(=O)N[C@@H](CCCNC(=O)OC(C)(C)C)C(=O)N1CCC[C@H]1C(=O)NCC(=O)OCc1ccccc1. The minimum atomic E-state index is -0.845. The number of carbonyl (C=O) groups excluding carboxylic acids is 5. The normalized spacial score (nSPS) is 15.9. The van der Waals surface area contributed by atoms with Crippen LogP contribution in [0.2, 0.25) is 0 Å². The summed E-state index contributed by atoms with van der Waals surface area (Å²) in [6, 6.07) is 7.59. The van der Waals surface area contributed by atoms with Crippen molar-refractivity contribution in [3.8, 4) is 0 Å². The Kier molecular flexibility index (Phi) is 11.4. The fourth-order valence-corrected chi connectivity index (χ4v) is 3.88. The van der Waals surface area contributed by atoms with Crippen molar-refractivity contribution in [2.75, 3.05) is 19.6 Å². The average molecular weight is 519 g/mol. The third kappa shape index (κ3) is 10.9. The Morgan fingerprint density at radius 1 is 1.08 bits per heavy atom. The van der Waals surface area contributed by atoms with Gasteiger partial charge in [-0.05, 0) is 52.0 Å². The lowest BCUT2D eigenvalue weighted by Gasteiger charge is -2.28. The van der Waals surface area contributed by atoms with Crippen LogP contribution in [0.4, 0.5) is 4.79 Å².